The van der Waals surface area contributed by atoms with Gasteiger partial charge in [0.1, 0.15) is 6.54 Å². The predicted octanol–water partition coefficient (Wildman–Crippen LogP) is 4.30. The summed E-state index contributed by atoms with van der Waals surface area (Å²) < 4.78 is 37.9. The maximum absolute atomic E-state index is 12.6. The molecule has 0 bridgehead atoms. The molecule has 0 aliphatic heterocycles. The lowest BCUT2D eigenvalue weighted by Gasteiger charge is -2.16. The highest BCUT2D eigenvalue weighted by Gasteiger charge is 2.30. The fourth-order valence-corrected chi connectivity index (χ4v) is 2.72. The molecule has 1 aliphatic rings. The molecule has 0 atom stereocenters. The van der Waals surface area contributed by atoms with Gasteiger partial charge in [0.05, 0.1) is 5.56 Å². The number of hydrogen-bond acceptors (Lipinski definition) is 1. The lowest BCUT2D eigenvalue weighted by atomic mass is 10.1. The van der Waals surface area contributed by atoms with Crippen molar-refractivity contribution in [2.24, 2.45) is 10.7 Å². The van der Waals surface area contributed by atoms with Crippen LogP contribution in [0, 0.1) is 11.8 Å². The summed E-state index contributed by atoms with van der Waals surface area (Å²) in [5, 5.41) is 3.20. The highest BCUT2D eigenvalue weighted by molar-refractivity contribution is 14.0. The SMILES string of the molecule is I.NC(=NCC#Cc1cccc(C(F)(F)F)c1)NC1CCCCCC1. The van der Waals surface area contributed by atoms with Gasteiger partial charge in [-0.05, 0) is 31.0 Å². The lowest BCUT2D eigenvalue weighted by molar-refractivity contribution is -0.137. The van der Waals surface area contributed by atoms with Gasteiger partial charge < -0.3 is 11.1 Å². The number of benzene rings is 1. The zero-order chi connectivity index (χ0) is 17.4. The monoisotopic (exact) mass is 465 g/mol. The van der Waals surface area contributed by atoms with Crippen molar-refractivity contribution < 1.29 is 13.2 Å². The normalized spacial score (nSPS) is 16.2. The van der Waals surface area contributed by atoms with Gasteiger partial charge in [0, 0.05) is 11.6 Å². The molecule has 1 saturated carbocycles. The molecule has 0 radical (unpaired) electrons. The van der Waals surface area contributed by atoms with E-state index in [2.05, 4.69) is 22.2 Å². The summed E-state index contributed by atoms with van der Waals surface area (Å²) in [7, 11) is 0. The number of nitrogens with two attached hydrogens (primary N) is 1. The first kappa shape index (κ1) is 21.6. The molecule has 0 saturated heterocycles. The van der Waals surface area contributed by atoms with Crippen molar-refractivity contribution in [1.82, 2.24) is 5.32 Å². The second-order valence-electron chi connectivity index (χ2n) is 5.91. The van der Waals surface area contributed by atoms with E-state index in [0.717, 1.165) is 25.0 Å². The Bertz CT molecular complexity index is 624. The van der Waals surface area contributed by atoms with Crippen LogP contribution in [0.4, 0.5) is 13.2 Å². The van der Waals surface area contributed by atoms with Crippen molar-refractivity contribution in [3.05, 3.63) is 35.4 Å². The van der Waals surface area contributed by atoms with Gasteiger partial charge >= 0.3 is 6.18 Å². The van der Waals surface area contributed by atoms with E-state index in [9.17, 15) is 13.2 Å². The standard InChI is InChI=1S/C18H22F3N3.HI/c19-18(20,21)15-9-5-7-14(13-15)8-6-12-23-17(22)24-16-10-3-1-2-4-11-16;/h5,7,9,13,16H,1-4,10-12H2,(H3,22,23,24);1H. The van der Waals surface area contributed by atoms with E-state index in [1.807, 2.05) is 0 Å². The van der Waals surface area contributed by atoms with Crippen LogP contribution in [0.1, 0.15) is 49.7 Å². The minimum atomic E-state index is -4.36. The van der Waals surface area contributed by atoms with E-state index in [-0.39, 0.29) is 30.5 Å². The molecule has 1 aromatic rings. The summed E-state index contributed by atoms with van der Waals surface area (Å²) in [6.45, 7) is 0.155. The minimum Gasteiger partial charge on any atom is -0.370 e. The van der Waals surface area contributed by atoms with Crippen LogP contribution < -0.4 is 11.1 Å². The number of aliphatic imine (C=N–C) groups is 1. The molecule has 0 amide bonds. The van der Waals surface area contributed by atoms with Gasteiger partial charge in [0.2, 0.25) is 0 Å². The molecule has 2 rings (SSSR count). The molecule has 0 aromatic heterocycles. The number of alkyl halides is 3. The van der Waals surface area contributed by atoms with Gasteiger partial charge in [-0.15, -0.1) is 24.0 Å². The largest absolute Gasteiger partial charge is 0.416 e. The average molecular weight is 465 g/mol. The number of nitrogens with zero attached hydrogens (tertiary/aromatic N) is 1. The second-order valence-corrected chi connectivity index (χ2v) is 5.91. The van der Waals surface area contributed by atoms with Crippen molar-refractivity contribution >= 4 is 29.9 Å². The summed E-state index contributed by atoms with van der Waals surface area (Å²) in [5.41, 5.74) is 5.45. The highest BCUT2D eigenvalue weighted by atomic mass is 127. The Morgan fingerprint density at radius 1 is 1.20 bits per heavy atom. The zero-order valence-electron chi connectivity index (χ0n) is 13.9. The summed E-state index contributed by atoms with van der Waals surface area (Å²) in [6, 6.07) is 5.30. The first-order valence-corrected chi connectivity index (χ1v) is 8.18. The molecule has 138 valence electrons. The molecule has 1 aromatic carbocycles. The Balaban J connectivity index is 0.00000312. The summed E-state index contributed by atoms with van der Waals surface area (Å²) in [4.78, 5) is 4.12. The fraction of sp³-hybridized carbons (Fsp3) is 0.500. The molecule has 7 heteroatoms. The maximum Gasteiger partial charge on any atom is 0.416 e. The fourth-order valence-electron chi connectivity index (χ4n) is 2.72. The zero-order valence-corrected chi connectivity index (χ0v) is 16.2. The maximum atomic E-state index is 12.6. The number of nitrogens with one attached hydrogen (secondary N) is 1. The van der Waals surface area contributed by atoms with Crippen molar-refractivity contribution in [3.8, 4) is 11.8 Å². The van der Waals surface area contributed by atoms with Crippen LogP contribution in [0.3, 0.4) is 0 Å². The smallest absolute Gasteiger partial charge is 0.370 e. The van der Waals surface area contributed by atoms with Gasteiger partial charge in [-0.1, -0.05) is 43.6 Å². The van der Waals surface area contributed by atoms with Crippen LogP contribution in [0.15, 0.2) is 29.3 Å². The second kappa shape index (κ2) is 10.5. The summed E-state index contributed by atoms with van der Waals surface area (Å²) in [6.07, 6.45) is 2.73. The molecular formula is C18H23F3IN3. The van der Waals surface area contributed by atoms with E-state index in [1.165, 1.54) is 31.7 Å². The van der Waals surface area contributed by atoms with E-state index in [0.29, 0.717) is 17.6 Å². The summed E-state index contributed by atoms with van der Waals surface area (Å²) >= 11 is 0. The number of rotatable bonds is 2. The van der Waals surface area contributed by atoms with E-state index in [1.54, 1.807) is 6.07 Å². The molecule has 0 spiro atoms. The predicted molar refractivity (Wildman–Crippen MR) is 105 cm³/mol. The van der Waals surface area contributed by atoms with Gasteiger partial charge in [0.15, 0.2) is 5.96 Å². The van der Waals surface area contributed by atoms with E-state index >= 15 is 0 Å². The van der Waals surface area contributed by atoms with Gasteiger partial charge in [-0.3, -0.25) is 0 Å². The van der Waals surface area contributed by atoms with Crippen LogP contribution in [-0.4, -0.2) is 18.5 Å². The Labute approximate surface area is 163 Å². The van der Waals surface area contributed by atoms with Crippen LogP contribution in [0.25, 0.3) is 0 Å². The van der Waals surface area contributed by atoms with E-state index in [4.69, 9.17) is 5.73 Å². The number of guanidine groups is 1. The third-order valence-electron chi connectivity index (χ3n) is 3.96. The molecule has 1 aliphatic carbocycles. The van der Waals surface area contributed by atoms with Crippen molar-refractivity contribution in [2.75, 3.05) is 6.54 Å². The highest BCUT2D eigenvalue weighted by Crippen LogP contribution is 2.29. The van der Waals surface area contributed by atoms with Gasteiger partial charge in [0.25, 0.3) is 0 Å². The van der Waals surface area contributed by atoms with E-state index < -0.39 is 11.7 Å². The average Bonchev–Trinajstić information content (AvgIpc) is 2.80. The first-order chi connectivity index (χ1) is 11.4. The molecular weight excluding hydrogens is 442 g/mol. The number of halogens is 4. The lowest BCUT2D eigenvalue weighted by Crippen LogP contribution is -2.39. The molecule has 25 heavy (non-hydrogen) atoms. The Hall–Kier alpha value is -1.43. The molecule has 0 heterocycles. The number of hydrogen-bond donors (Lipinski definition) is 2. The summed E-state index contributed by atoms with van der Waals surface area (Å²) in [5.74, 6) is 5.77. The molecule has 0 unspecified atom stereocenters. The Morgan fingerprint density at radius 2 is 1.88 bits per heavy atom. The molecule has 3 nitrogen and oxygen atoms in total. The van der Waals surface area contributed by atoms with Crippen LogP contribution in [0.2, 0.25) is 0 Å². The Morgan fingerprint density at radius 3 is 2.52 bits per heavy atom. The van der Waals surface area contributed by atoms with Crippen LogP contribution >= 0.6 is 24.0 Å². The minimum absolute atomic E-state index is 0. The Kier molecular flexibility index (Phi) is 9.11. The van der Waals surface area contributed by atoms with Crippen molar-refractivity contribution in [3.63, 3.8) is 0 Å². The third kappa shape index (κ3) is 7.99. The quantitative estimate of drug-likeness (QED) is 0.225. The first-order valence-electron chi connectivity index (χ1n) is 8.18. The van der Waals surface area contributed by atoms with Crippen molar-refractivity contribution in [1.29, 1.82) is 0 Å². The topological polar surface area (TPSA) is 50.4 Å². The van der Waals surface area contributed by atoms with Crippen molar-refractivity contribution in [2.45, 2.75) is 50.7 Å². The van der Waals surface area contributed by atoms with Crippen LogP contribution in [-0.2, 0) is 6.18 Å². The molecule has 3 N–H and O–H groups in total. The van der Waals surface area contributed by atoms with Gasteiger partial charge in [-0.2, -0.15) is 13.2 Å². The van der Waals surface area contributed by atoms with Crippen LogP contribution in [0.5, 0.6) is 0 Å². The molecule has 1 fully saturated rings. The van der Waals surface area contributed by atoms with Gasteiger partial charge in [-0.25, -0.2) is 4.99 Å². The third-order valence-corrected chi connectivity index (χ3v) is 3.96.